The summed E-state index contributed by atoms with van der Waals surface area (Å²) in [6, 6.07) is 15.2. The molecule has 1 atom stereocenters. The van der Waals surface area contributed by atoms with Crippen molar-refractivity contribution in [2.24, 2.45) is 5.41 Å². The maximum atomic E-state index is 12.9. The average Bonchev–Trinajstić information content (AvgIpc) is 3.35. The predicted molar refractivity (Wildman–Crippen MR) is 144 cm³/mol. The van der Waals surface area contributed by atoms with E-state index in [0.717, 1.165) is 74.6 Å². The van der Waals surface area contributed by atoms with Gasteiger partial charge in [-0.2, -0.15) is 0 Å². The fourth-order valence-corrected chi connectivity index (χ4v) is 6.41. The van der Waals surface area contributed by atoms with E-state index in [9.17, 15) is 4.79 Å². The zero-order valence-corrected chi connectivity index (χ0v) is 21.9. The number of fused-ring (bicyclic) bond motifs is 1. The van der Waals surface area contributed by atoms with Gasteiger partial charge in [-0.1, -0.05) is 31.2 Å². The van der Waals surface area contributed by atoms with E-state index in [0.29, 0.717) is 17.9 Å². The van der Waals surface area contributed by atoms with Gasteiger partial charge >= 0.3 is 0 Å². The molecule has 1 unspecified atom stereocenters. The molecule has 0 N–H and O–H groups in total. The number of carbonyl (C=O) groups excluding carboxylic acids is 1. The third-order valence-electron chi connectivity index (χ3n) is 8.77. The van der Waals surface area contributed by atoms with Gasteiger partial charge in [0.1, 0.15) is 5.75 Å². The van der Waals surface area contributed by atoms with E-state index in [2.05, 4.69) is 44.9 Å². The van der Waals surface area contributed by atoms with E-state index >= 15 is 0 Å². The van der Waals surface area contributed by atoms with Gasteiger partial charge in [0.05, 0.1) is 13.5 Å². The van der Waals surface area contributed by atoms with Gasteiger partial charge in [-0.25, -0.2) is 9.97 Å². The molecule has 3 aromatic rings. The molecule has 1 spiro atoms. The molecule has 2 saturated heterocycles. The molecule has 3 aliphatic rings. The quantitative estimate of drug-likeness (QED) is 0.487. The molecule has 1 aromatic heterocycles. The Morgan fingerprint density at radius 2 is 1.76 bits per heavy atom. The number of aryl methyl sites for hydroxylation is 2. The molecule has 37 heavy (non-hydrogen) atoms. The van der Waals surface area contributed by atoms with Crippen molar-refractivity contribution >= 4 is 5.91 Å². The van der Waals surface area contributed by atoms with Crippen LogP contribution in [-0.2, 0) is 24.1 Å². The summed E-state index contributed by atoms with van der Waals surface area (Å²) in [6.45, 7) is 6.19. The van der Waals surface area contributed by atoms with Gasteiger partial charge in [-0.15, -0.1) is 0 Å². The summed E-state index contributed by atoms with van der Waals surface area (Å²) < 4.78 is 5.22. The second-order valence-electron chi connectivity index (χ2n) is 11.0. The smallest absolute Gasteiger partial charge is 0.226 e. The minimum absolute atomic E-state index is 0.241. The molecule has 2 aromatic carbocycles. The highest BCUT2D eigenvalue weighted by molar-refractivity contribution is 5.79. The first-order valence-corrected chi connectivity index (χ1v) is 13.6. The first-order valence-electron chi connectivity index (χ1n) is 13.6. The number of piperidine rings is 1. The van der Waals surface area contributed by atoms with Crippen LogP contribution in [0.2, 0.25) is 0 Å². The second kappa shape index (κ2) is 9.90. The van der Waals surface area contributed by atoms with E-state index in [1.165, 1.54) is 23.1 Å². The number of amides is 1. The normalized spacial score (nSPS) is 20.5. The molecular weight excluding hydrogens is 460 g/mol. The van der Waals surface area contributed by atoms with Crippen molar-refractivity contribution in [3.8, 4) is 17.1 Å². The van der Waals surface area contributed by atoms with Crippen molar-refractivity contribution in [3.05, 3.63) is 77.1 Å². The summed E-state index contributed by atoms with van der Waals surface area (Å²) >= 11 is 0. The Balaban J connectivity index is 1.03. The van der Waals surface area contributed by atoms with Crippen molar-refractivity contribution < 1.29 is 9.53 Å². The largest absolute Gasteiger partial charge is 0.497 e. The monoisotopic (exact) mass is 496 g/mol. The molecule has 2 aliphatic heterocycles. The lowest BCUT2D eigenvalue weighted by molar-refractivity contribution is -0.136. The van der Waals surface area contributed by atoms with E-state index in [1.54, 1.807) is 7.11 Å². The molecule has 0 saturated carbocycles. The number of aromatic nitrogens is 2. The van der Waals surface area contributed by atoms with Crippen molar-refractivity contribution in [3.63, 3.8) is 0 Å². The van der Waals surface area contributed by atoms with Crippen LogP contribution in [0.15, 0.2) is 54.9 Å². The molecule has 6 nitrogen and oxygen atoms in total. The molecule has 6 heteroatoms. The summed E-state index contributed by atoms with van der Waals surface area (Å²) in [5.74, 6) is 1.89. The Bertz CT molecular complexity index is 1260. The van der Waals surface area contributed by atoms with Crippen LogP contribution in [0.4, 0.5) is 0 Å². The number of hydrogen-bond acceptors (Lipinski definition) is 5. The van der Waals surface area contributed by atoms with Gasteiger partial charge < -0.3 is 9.64 Å². The van der Waals surface area contributed by atoms with E-state index < -0.39 is 0 Å². The maximum Gasteiger partial charge on any atom is 0.226 e. The number of ether oxygens (including phenoxy) is 1. The Morgan fingerprint density at radius 3 is 2.43 bits per heavy atom. The average molecular weight is 497 g/mol. The molecule has 0 radical (unpaired) electrons. The molecule has 0 bridgehead atoms. The fourth-order valence-electron chi connectivity index (χ4n) is 6.41. The van der Waals surface area contributed by atoms with Crippen molar-refractivity contribution in [1.82, 2.24) is 19.8 Å². The molecular formula is C31H36N4O2. The van der Waals surface area contributed by atoms with E-state index in [1.807, 2.05) is 36.7 Å². The lowest BCUT2D eigenvalue weighted by Crippen LogP contribution is -2.61. The summed E-state index contributed by atoms with van der Waals surface area (Å²) in [6.07, 6.45) is 9.85. The van der Waals surface area contributed by atoms with Crippen molar-refractivity contribution in [2.75, 3.05) is 33.3 Å². The second-order valence-corrected chi connectivity index (χ2v) is 11.0. The number of hydrogen-bond donors (Lipinski definition) is 0. The van der Waals surface area contributed by atoms with Crippen LogP contribution in [0.25, 0.3) is 11.4 Å². The van der Waals surface area contributed by atoms with Crippen LogP contribution in [0.3, 0.4) is 0 Å². The molecule has 192 valence electrons. The first-order chi connectivity index (χ1) is 18.1. The molecule has 2 fully saturated rings. The third-order valence-corrected chi connectivity index (χ3v) is 8.77. The summed E-state index contributed by atoms with van der Waals surface area (Å²) in [5, 5.41) is 0. The third kappa shape index (κ3) is 4.75. The number of rotatable bonds is 6. The lowest BCUT2D eigenvalue weighted by Gasteiger charge is -2.56. The van der Waals surface area contributed by atoms with Crippen LogP contribution in [-0.4, -0.2) is 59.0 Å². The summed E-state index contributed by atoms with van der Waals surface area (Å²) in [4.78, 5) is 26.8. The molecule has 1 amide bonds. The summed E-state index contributed by atoms with van der Waals surface area (Å²) in [7, 11) is 1.66. The molecule has 1 aliphatic carbocycles. The van der Waals surface area contributed by atoms with Gasteiger partial charge in [-0.05, 0) is 78.0 Å². The van der Waals surface area contributed by atoms with Gasteiger partial charge in [0.25, 0.3) is 0 Å². The topological polar surface area (TPSA) is 58.6 Å². The van der Waals surface area contributed by atoms with Crippen LogP contribution in [0, 0.1) is 5.41 Å². The highest BCUT2D eigenvalue weighted by atomic mass is 16.5. The minimum Gasteiger partial charge on any atom is -0.497 e. The maximum absolute atomic E-state index is 12.9. The van der Waals surface area contributed by atoms with Crippen LogP contribution in [0.1, 0.15) is 54.5 Å². The fraction of sp³-hybridized carbons (Fsp3) is 0.452. The Hall–Kier alpha value is -3.25. The standard InChI is InChI=1S/C31H36N4O2/c1-3-22-18-32-30(33-19-22)25-6-10-27-24(17-25)7-11-28(27)35-20-31(21-35)12-14-34(15-13-31)29(36)16-23-4-8-26(37-2)9-5-23/h4-6,8-10,17-19,28H,3,7,11-16,20-21H2,1-2H3. The number of carbonyl (C=O) groups is 1. The first kappa shape index (κ1) is 24.1. The predicted octanol–water partition coefficient (Wildman–Crippen LogP) is 4.87. The highest BCUT2D eigenvalue weighted by Crippen LogP contribution is 2.48. The Kier molecular flexibility index (Phi) is 6.45. The van der Waals surface area contributed by atoms with E-state index in [-0.39, 0.29) is 5.91 Å². The van der Waals surface area contributed by atoms with Crippen molar-refractivity contribution in [1.29, 1.82) is 0 Å². The Labute approximate surface area is 219 Å². The van der Waals surface area contributed by atoms with Gasteiger partial charge in [0.2, 0.25) is 5.91 Å². The zero-order chi connectivity index (χ0) is 25.4. The van der Waals surface area contributed by atoms with Crippen LogP contribution >= 0.6 is 0 Å². The van der Waals surface area contributed by atoms with E-state index in [4.69, 9.17) is 4.74 Å². The number of methoxy groups -OCH3 is 1. The van der Waals surface area contributed by atoms with Gasteiger partial charge in [0, 0.05) is 50.2 Å². The van der Waals surface area contributed by atoms with Crippen LogP contribution in [0.5, 0.6) is 5.75 Å². The molecule has 6 rings (SSSR count). The minimum atomic E-state index is 0.241. The Morgan fingerprint density at radius 1 is 1.03 bits per heavy atom. The zero-order valence-electron chi connectivity index (χ0n) is 21.9. The SMILES string of the molecule is CCc1cnc(-c2ccc3c(c2)CCC3N2CC3(CCN(C(=O)Cc4ccc(OC)cc4)CC3)C2)nc1. The molecule has 3 heterocycles. The number of benzene rings is 2. The summed E-state index contributed by atoms with van der Waals surface area (Å²) in [5.41, 5.74) is 6.65. The number of likely N-dealkylation sites (tertiary alicyclic amines) is 2. The van der Waals surface area contributed by atoms with Gasteiger partial charge in [-0.3, -0.25) is 9.69 Å². The lowest BCUT2D eigenvalue weighted by atomic mass is 9.71. The van der Waals surface area contributed by atoms with Crippen LogP contribution < -0.4 is 4.74 Å². The van der Waals surface area contributed by atoms with Crippen molar-refractivity contribution in [2.45, 2.75) is 51.5 Å². The number of nitrogens with zero attached hydrogens (tertiary/aromatic N) is 4. The van der Waals surface area contributed by atoms with Gasteiger partial charge in [0.15, 0.2) is 5.82 Å². The highest BCUT2D eigenvalue weighted by Gasteiger charge is 2.48.